The molecule has 0 aliphatic rings. The number of nitrogens with one attached hydrogen (secondary N) is 1. The lowest BCUT2D eigenvalue weighted by Gasteiger charge is -2.21. The molecule has 2 aromatic rings. The monoisotopic (exact) mass is 310 g/mol. The Morgan fingerprint density at radius 3 is 2.35 bits per heavy atom. The van der Waals surface area contributed by atoms with Gasteiger partial charge in [-0.3, -0.25) is 9.59 Å². The maximum atomic E-state index is 12.2. The molecule has 0 spiro atoms. The van der Waals surface area contributed by atoms with Crippen molar-refractivity contribution in [3.05, 3.63) is 59.7 Å². The third-order valence-corrected chi connectivity index (χ3v) is 3.64. The maximum absolute atomic E-state index is 12.2. The third kappa shape index (κ3) is 4.68. The predicted octanol–water partition coefficient (Wildman–Crippen LogP) is 3.55. The summed E-state index contributed by atoms with van der Waals surface area (Å²) < 4.78 is 0. The van der Waals surface area contributed by atoms with Gasteiger partial charge in [0.25, 0.3) is 0 Å². The molecule has 0 aromatic heterocycles. The second kappa shape index (κ2) is 7.58. The molecule has 0 atom stereocenters. The van der Waals surface area contributed by atoms with Gasteiger partial charge in [0.2, 0.25) is 11.8 Å². The van der Waals surface area contributed by atoms with E-state index < -0.39 is 0 Å². The molecular formula is C19H22N2O2. The van der Waals surface area contributed by atoms with Crippen LogP contribution in [-0.4, -0.2) is 18.4 Å². The van der Waals surface area contributed by atoms with Crippen LogP contribution in [0.3, 0.4) is 0 Å². The summed E-state index contributed by atoms with van der Waals surface area (Å²) in [6.07, 6.45) is 0.939. The van der Waals surface area contributed by atoms with Crippen molar-refractivity contribution >= 4 is 23.2 Å². The molecular weight excluding hydrogens is 288 g/mol. The van der Waals surface area contributed by atoms with Crippen molar-refractivity contribution in [3.63, 3.8) is 0 Å². The fourth-order valence-electron chi connectivity index (χ4n) is 2.36. The van der Waals surface area contributed by atoms with Gasteiger partial charge in [0.1, 0.15) is 6.54 Å². The number of carbonyl (C=O) groups is 2. The van der Waals surface area contributed by atoms with Crippen molar-refractivity contribution in [2.24, 2.45) is 0 Å². The van der Waals surface area contributed by atoms with Crippen molar-refractivity contribution < 1.29 is 9.59 Å². The predicted molar refractivity (Wildman–Crippen MR) is 93.7 cm³/mol. The SMILES string of the molecule is CCc1ccc(N(CC(=O)Nc2cccc(C)c2)C(C)=O)cc1. The lowest BCUT2D eigenvalue weighted by Crippen LogP contribution is -2.36. The number of carbonyl (C=O) groups excluding carboxylic acids is 2. The van der Waals surface area contributed by atoms with E-state index in [2.05, 4.69) is 12.2 Å². The average molecular weight is 310 g/mol. The van der Waals surface area contributed by atoms with Gasteiger partial charge in [-0.15, -0.1) is 0 Å². The highest BCUT2D eigenvalue weighted by Gasteiger charge is 2.15. The van der Waals surface area contributed by atoms with E-state index in [9.17, 15) is 9.59 Å². The normalized spacial score (nSPS) is 10.2. The molecule has 1 N–H and O–H groups in total. The van der Waals surface area contributed by atoms with Crippen LogP contribution < -0.4 is 10.2 Å². The number of nitrogens with zero attached hydrogens (tertiary/aromatic N) is 1. The fraction of sp³-hybridized carbons (Fsp3) is 0.263. The molecule has 0 fully saturated rings. The molecule has 0 heterocycles. The zero-order valence-corrected chi connectivity index (χ0v) is 13.8. The molecule has 2 amide bonds. The smallest absolute Gasteiger partial charge is 0.244 e. The minimum Gasteiger partial charge on any atom is -0.325 e. The first-order chi connectivity index (χ1) is 11.0. The summed E-state index contributed by atoms with van der Waals surface area (Å²) in [7, 11) is 0. The molecule has 0 saturated heterocycles. The lowest BCUT2D eigenvalue weighted by molar-refractivity contribution is -0.120. The number of rotatable bonds is 5. The molecule has 4 nitrogen and oxygen atoms in total. The standard InChI is InChI=1S/C19H22N2O2/c1-4-16-8-10-18(11-9-16)21(15(3)22)13-19(23)20-17-7-5-6-14(2)12-17/h5-12H,4,13H2,1-3H3,(H,20,23). The highest BCUT2D eigenvalue weighted by Crippen LogP contribution is 2.16. The van der Waals surface area contributed by atoms with Gasteiger partial charge >= 0.3 is 0 Å². The van der Waals surface area contributed by atoms with Crippen molar-refractivity contribution in [1.29, 1.82) is 0 Å². The Morgan fingerprint density at radius 2 is 1.78 bits per heavy atom. The molecule has 4 heteroatoms. The summed E-state index contributed by atoms with van der Waals surface area (Å²) in [4.78, 5) is 25.6. The van der Waals surface area contributed by atoms with Gasteiger partial charge in [0, 0.05) is 18.3 Å². The van der Waals surface area contributed by atoms with Gasteiger partial charge in [-0.05, 0) is 48.7 Å². The van der Waals surface area contributed by atoms with Gasteiger partial charge in [0.15, 0.2) is 0 Å². The first-order valence-electron chi connectivity index (χ1n) is 7.73. The van der Waals surface area contributed by atoms with E-state index >= 15 is 0 Å². The van der Waals surface area contributed by atoms with Crippen molar-refractivity contribution in [2.45, 2.75) is 27.2 Å². The Labute approximate surface area is 137 Å². The third-order valence-electron chi connectivity index (χ3n) is 3.64. The number of hydrogen-bond acceptors (Lipinski definition) is 2. The van der Waals surface area contributed by atoms with E-state index in [0.29, 0.717) is 0 Å². The van der Waals surface area contributed by atoms with Gasteiger partial charge in [0.05, 0.1) is 0 Å². The molecule has 0 aliphatic carbocycles. The largest absolute Gasteiger partial charge is 0.325 e. The van der Waals surface area contributed by atoms with E-state index in [0.717, 1.165) is 23.4 Å². The van der Waals surface area contributed by atoms with Crippen molar-refractivity contribution in [2.75, 3.05) is 16.8 Å². The van der Waals surface area contributed by atoms with Crippen LogP contribution in [0.25, 0.3) is 0 Å². The molecule has 0 unspecified atom stereocenters. The molecule has 23 heavy (non-hydrogen) atoms. The van der Waals surface area contributed by atoms with Crippen molar-refractivity contribution in [1.82, 2.24) is 0 Å². The van der Waals surface area contributed by atoms with Gasteiger partial charge in [-0.2, -0.15) is 0 Å². The van der Waals surface area contributed by atoms with Crippen LogP contribution in [0.4, 0.5) is 11.4 Å². The fourth-order valence-corrected chi connectivity index (χ4v) is 2.36. The van der Waals surface area contributed by atoms with Crippen molar-refractivity contribution in [3.8, 4) is 0 Å². The first-order valence-corrected chi connectivity index (χ1v) is 7.73. The Balaban J connectivity index is 2.09. The summed E-state index contributed by atoms with van der Waals surface area (Å²) >= 11 is 0. The Bertz CT molecular complexity index is 693. The van der Waals surface area contributed by atoms with Crippen LogP contribution in [0.2, 0.25) is 0 Å². The Morgan fingerprint density at radius 1 is 1.09 bits per heavy atom. The topological polar surface area (TPSA) is 49.4 Å². The molecule has 0 radical (unpaired) electrons. The van der Waals surface area contributed by atoms with E-state index in [-0.39, 0.29) is 18.4 Å². The van der Waals surface area contributed by atoms with E-state index in [1.54, 1.807) is 0 Å². The first kappa shape index (κ1) is 16.7. The molecule has 2 rings (SSSR count). The van der Waals surface area contributed by atoms with Crippen LogP contribution >= 0.6 is 0 Å². The molecule has 2 aromatic carbocycles. The number of hydrogen-bond donors (Lipinski definition) is 1. The summed E-state index contributed by atoms with van der Waals surface area (Å²) in [5.74, 6) is -0.376. The van der Waals surface area contributed by atoms with Gasteiger partial charge < -0.3 is 10.2 Å². The van der Waals surface area contributed by atoms with E-state index in [1.165, 1.54) is 17.4 Å². The summed E-state index contributed by atoms with van der Waals surface area (Å²) in [6, 6.07) is 15.3. The second-order valence-corrected chi connectivity index (χ2v) is 5.54. The number of amides is 2. The zero-order valence-electron chi connectivity index (χ0n) is 13.8. The van der Waals surface area contributed by atoms with Crippen LogP contribution in [0.5, 0.6) is 0 Å². The Kier molecular flexibility index (Phi) is 5.52. The summed E-state index contributed by atoms with van der Waals surface area (Å²) in [5, 5.41) is 2.83. The molecule has 120 valence electrons. The minimum atomic E-state index is -0.217. The highest BCUT2D eigenvalue weighted by atomic mass is 16.2. The maximum Gasteiger partial charge on any atom is 0.244 e. The highest BCUT2D eigenvalue weighted by molar-refractivity contribution is 6.01. The van der Waals surface area contributed by atoms with Crippen LogP contribution in [-0.2, 0) is 16.0 Å². The van der Waals surface area contributed by atoms with Crippen LogP contribution in [0.1, 0.15) is 25.0 Å². The minimum absolute atomic E-state index is 0.00521. The molecule has 0 bridgehead atoms. The zero-order chi connectivity index (χ0) is 16.8. The van der Waals surface area contributed by atoms with Gasteiger partial charge in [-0.25, -0.2) is 0 Å². The van der Waals surface area contributed by atoms with Gasteiger partial charge in [-0.1, -0.05) is 31.2 Å². The second-order valence-electron chi connectivity index (χ2n) is 5.54. The quantitative estimate of drug-likeness (QED) is 0.918. The van der Waals surface area contributed by atoms with Crippen LogP contribution in [0.15, 0.2) is 48.5 Å². The number of aryl methyl sites for hydroxylation is 2. The molecule has 0 saturated carbocycles. The van der Waals surface area contributed by atoms with E-state index in [1.807, 2.05) is 55.5 Å². The lowest BCUT2D eigenvalue weighted by atomic mass is 10.1. The Hall–Kier alpha value is -2.62. The summed E-state index contributed by atoms with van der Waals surface area (Å²) in [5.41, 5.74) is 3.73. The molecule has 0 aliphatic heterocycles. The number of benzene rings is 2. The average Bonchev–Trinajstić information content (AvgIpc) is 2.52. The number of anilines is 2. The summed E-state index contributed by atoms with van der Waals surface area (Å²) in [6.45, 7) is 5.50. The van der Waals surface area contributed by atoms with E-state index in [4.69, 9.17) is 0 Å². The van der Waals surface area contributed by atoms with Crippen LogP contribution in [0, 0.1) is 6.92 Å².